The van der Waals surface area contributed by atoms with Gasteiger partial charge in [0, 0.05) is 13.1 Å². The number of aromatic nitrogens is 1. The van der Waals surface area contributed by atoms with E-state index in [2.05, 4.69) is 15.2 Å². The summed E-state index contributed by atoms with van der Waals surface area (Å²) in [6.07, 6.45) is 1.60. The minimum absolute atomic E-state index is 0.0976. The first-order valence-electron chi connectivity index (χ1n) is 7.29. The minimum Gasteiger partial charge on any atom is -0.467 e. The van der Waals surface area contributed by atoms with Gasteiger partial charge in [-0.15, -0.1) is 11.3 Å². The second-order valence-electron chi connectivity index (χ2n) is 5.17. The highest BCUT2D eigenvalue weighted by atomic mass is 32.1. The molecular formula is C15H19N3O3S. The maximum absolute atomic E-state index is 12.3. The normalized spacial score (nSPS) is 15.9. The molecule has 0 radical (unpaired) electrons. The molecule has 3 rings (SSSR count). The summed E-state index contributed by atoms with van der Waals surface area (Å²) in [7, 11) is 0. The van der Waals surface area contributed by atoms with Crippen LogP contribution in [0.1, 0.15) is 26.1 Å². The number of thiazole rings is 1. The Kier molecular flexibility index (Phi) is 4.87. The van der Waals surface area contributed by atoms with Crippen LogP contribution >= 0.6 is 11.3 Å². The molecule has 1 aliphatic heterocycles. The smallest absolute Gasteiger partial charge is 0.263 e. The second kappa shape index (κ2) is 7.04. The van der Waals surface area contributed by atoms with Crippen molar-refractivity contribution in [1.29, 1.82) is 0 Å². The van der Waals surface area contributed by atoms with Crippen molar-refractivity contribution in [3.63, 3.8) is 0 Å². The van der Waals surface area contributed by atoms with E-state index in [4.69, 9.17) is 9.15 Å². The molecule has 1 fully saturated rings. The van der Waals surface area contributed by atoms with E-state index in [0.29, 0.717) is 11.4 Å². The van der Waals surface area contributed by atoms with Crippen LogP contribution in [0.3, 0.4) is 0 Å². The van der Waals surface area contributed by atoms with Gasteiger partial charge >= 0.3 is 0 Å². The van der Waals surface area contributed by atoms with E-state index in [1.165, 1.54) is 11.3 Å². The first-order valence-corrected chi connectivity index (χ1v) is 8.11. The lowest BCUT2D eigenvalue weighted by Crippen LogP contribution is -2.35. The molecule has 1 aliphatic rings. The summed E-state index contributed by atoms with van der Waals surface area (Å²) in [5.41, 5.74) is 0.783. The summed E-state index contributed by atoms with van der Waals surface area (Å²) < 4.78 is 10.6. The molecule has 1 N–H and O–H groups in total. The number of aryl methyl sites for hydroxylation is 1. The zero-order valence-corrected chi connectivity index (χ0v) is 13.3. The SMILES string of the molecule is Cc1nc(CN2CCOCC2)sc1C(=O)NCc1ccco1. The van der Waals surface area contributed by atoms with Gasteiger partial charge in [0.1, 0.15) is 15.6 Å². The third-order valence-corrected chi connectivity index (χ3v) is 4.65. The molecule has 2 aromatic rings. The van der Waals surface area contributed by atoms with Crippen molar-refractivity contribution in [2.45, 2.75) is 20.0 Å². The molecule has 0 aliphatic carbocycles. The van der Waals surface area contributed by atoms with Gasteiger partial charge < -0.3 is 14.5 Å². The Morgan fingerprint density at radius 2 is 2.27 bits per heavy atom. The molecule has 0 bridgehead atoms. The molecule has 0 atom stereocenters. The van der Waals surface area contributed by atoms with E-state index in [0.717, 1.165) is 49.3 Å². The fraction of sp³-hybridized carbons (Fsp3) is 0.467. The van der Waals surface area contributed by atoms with Gasteiger partial charge in [0.05, 0.1) is 38.3 Å². The molecule has 1 amide bonds. The van der Waals surface area contributed by atoms with Crippen LogP contribution in [-0.4, -0.2) is 42.1 Å². The number of carbonyl (C=O) groups is 1. The van der Waals surface area contributed by atoms with E-state index in [-0.39, 0.29) is 5.91 Å². The number of ether oxygens (including phenoxy) is 1. The van der Waals surface area contributed by atoms with Gasteiger partial charge in [-0.3, -0.25) is 9.69 Å². The average molecular weight is 321 g/mol. The lowest BCUT2D eigenvalue weighted by Gasteiger charge is -2.25. The quantitative estimate of drug-likeness (QED) is 0.909. The van der Waals surface area contributed by atoms with E-state index in [1.54, 1.807) is 12.3 Å². The monoisotopic (exact) mass is 321 g/mol. The van der Waals surface area contributed by atoms with Crippen molar-refractivity contribution in [3.8, 4) is 0 Å². The number of nitrogens with one attached hydrogen (secondary N) is 1. The third-order valence-electron chi connectivity index (χ3n) is 3.51. The van der Waals surface area contributed by atoms with Gasteiger partial charge in [0.2, 0.25) is 0 Å². The lowest BCUT2D eigenvalue weighted by atomic mass is 10.3. The molecule has 7 heteroatoms. The van der Waals surface area contributed by atoms with Crippen molar-refractivity contribution in [3.05, 3.63) is 39.7 Å². The third kappa shape index (κ3) is 3.73. The zero-order chi connectivity index (χ0) is 15.4. The molecule has 2 aromatic heterocycles. The van der Waals surface area contributed by atoms with Gasteiger partial charge in [-0.05, 0) is 19.1 Å². The van der Waals surface area contributed by atoms with Crippen LogP contribution in [0.2, 0.25) is 0 Å². The van der Waals surface area contributed by atoms with Crippen molar-refractivity contribution < 1.29 is 13.9 Å². The van der Waals surface area contributed by atoms with E-state index >= 15 is 0 Å². The van der Waals surface area contributed by atoms with Crippen LogP contribution < -0.4 is 5.32 Å². The van der Waals surface area contributed by atoms with Crippen LogP contribution in [0.25, 0.3) is 0 Å². The zero-order valence-electron chi connectivity index (χ0n) is 12.5. The molecule has 3 heterocycles. The summed E-state index contributed by atoms with van der Waals surface area (Å²) in [4.78, 5) is 19.7. The van der Waals surface area contributed by atoms with Crippen LogP contribution in [-0.2, 0) is 17.8 Å². The number of morpholine rings is 1. The van der Waals surface area contributed by atoms with Crippen LogP contribution in [0.15, 0.2) is 22.8 Å². The van der Waals surface area contributed by atoms with Gasteiger partial charge in [0.25, 0.3) is 5.91 Å². The minimum atomic E-state index is -0.0976. The number of carbonyl (C=O) groups excluding carboxylic acids is 1. The second-order valence-corrected chi connectivity index (χ2v) is 6.26. The van der Waals surface area contributed by atoms with Gasteiger partial charge in [-0.1, -0.05) is 0 Å². The Bertz CT molecular complexity index is 618. The molecule has 118 valence electrons. The number of rotatable bonds is 5. The standard InChI is InChI=1S/C15H19N3O3S/c1-11-14(15(19)16-9-12-3-2-6-21-12)22-13(17-11)10-18-4-7-20-8-5-18/h2-3,6H,4-5,7-10H2,1H3,(H,16,19). The Hall–Kier alpha value is -1.70. The highest BCUT2D eigenvalue weighted by Gasteiger charge is 2.18. The number of hydrogen-bond donors (Lipinski definition) is 1. The number of hydrogen-bond acceptors (Lipinski definition) is 6. The van der Waals surface area contributed by atoms with Gasteiger partial charge in [0.15, 0.2) is 0 Å². The highest BCUT2D eigenvalue weighted by Crippen LogP contribution is 2.20. The Labute approximate surface area is 133 Å². The lowest BCUT2D eigenvalue weighted by molar-refractivity contribution is 0.0341. The fourth-order valence-corrected chi connectivity index (χ4v) is 3.37. The molecule has 6 nitrogen and oxygen atoms in total. The molecule has 22 heavy (non-hydrogen) atoms. The summed E-state index contributed by atoms with van der Waals surface area (Å²) in [6, 6.07) is 3.64. The van der Waals surface area contributed by atoms with E-state index < -0.39 is 0 Å². The highest BCUT2D eigenvalue weighted by molar-refractivity contribution is 7.13. The average Bonchev–Trinajstić information content (AvgIpc) is 3.16. The summed E-state index contributed by atoms with van der Waals surface area (Å²) in [5.74, 6) is 0.642. The topological polar surface area (TPSA) is 67.6 Å². The predicted octanol–water partition coefficient (Wildman–Crippen LogP) is 1.81. The molecule has 0 unspecified atom stereocenters. The van der Waals surface area contributed by atoms with Crippen molar-refractivity contribution in [2.75, 3.05) is 26.3 Å². The van der Waals surface area contributed by atoms with E-state index in [1.807, 2.05) is 13.0 Å². The summed E-state index contributed by atoms with van der Waals surface area (Å²) in [5, 5.41) is 3.84. The molecule has 0 aromatic carbocycles. The maximum atomic E-state index is 12.3. The van der Waals surface area contributed by atoms with Crippen LogP contribution in [0.5, 0.6) is 0 Å². The van der Waals surface area contributed by atoms with E-state index in [9.17, 15) is 4.79 Å². The maximum Gasteiger partial charge on any atom is 0.263 e. The van der Waals surface area contributed by atoms with Crippen molar-refractivity contribution in [1.82, 2.24) is 15.2 Å². The van der Waals surface area contributed by atoms with Crippen molar-refractivity contribution in [2.24, 2.45) is 0 Å². The Morgan fingerprint density at radius 3 is 3.00 bits per heavy atom. The predicted molar refractivity (Wildman–Crippen MR) is 82.8 cm³/mol. The van der Waals surface area contributed by atoms with Crippen LogP contribution in [0.4, 0.5) is 0 Å². The molecule has 0 spiro atoms. The largest absolute Gasteiger partial charge is 0.467 e. The first-order chi connectivity index (χ1) is 10.7. The Morgan fingerprint density at radius 1 is 1.45 bits per heavy atom. The molecule has 0 saturated carbocycles. The fourth-order valence-electron chi connectivity index (χ4n) is 2.34. The first kappa shape index (κ1) is 15.2. The molecular weight excluding hydrogens is 302 g/mol. The number of amides is 1. The molecule has 1 saturated heterocycles. The van der Waals surface area contributed by atoms with Gasteiger partial charge in [-0.2, -0.15) is 0 Å². The van der Waals surface area contributed by atoms with Crippen LogP contribution in [0, 0.1) is 6.92 Å². The Balaban J connectivity index is 1.59. The number of furan rings is 1. The summed E-state index contributed by atoms with van der Waals surface area (Å²) in [6.45, 7) is 6.41. The van der Waals surface area contributed by atoms with Gasteiger partial charge in [-0.25, -0.2) is 4.98 Å². The van der Waals surface area contributed by atoms with Crippen molar-refractivity contribution >= 4 is 17.2 Å². The number of nitrogens with zero attached hydrogens (tertiary/aromatic N) is 2. The summed E-state index contributed by atoms with van der Waals surface area (Å²) >= 11 is 1.46.